The molecule has 0 aliphatic carbocycles. The number of nitrogens with zero attached hydrogens (tertiary/aromatic N) is 2. The third-order valence-electron chi connectivity index (χ3n) is 7.02. The molecule has 40 heavy (non-hydrogen) atoms. The summed E-state index contributed by atoms with van der Waals surface area (Å²) in [5.41, 5.74) is 2.51. The molecule has 0 bridgehead atoms. The summed E-state index contributed by atoms with van der Waals surface area (Å²) in [6.45, 7) is 1.59. The van der Waals surface area contributed by atoms with Gasteiger partial charge in [0.25, 0.3) is 0 Å². The fourth-order valence-corrected chi connectivity index (χ4v) is 7.89. The van der Waals surface area contributed by atoms with E-state index in [1.54, 1.807) is 24.3 Å². The molecule has 0 saturated carbocycles. The Morgan fingerprint density at radius 1 is 0.950 bits per heavy atom. The summed E-state index contributed by atoms with van der Waals surface area (Å²) in [4.78, 5) is 55.1. The lowest BCUT2D eigenvalue weighted by Crippen LogP contribution is -2.33. The van der Waals surface area contributed by atoms with E-state index in [2.05, 4.69) is 5.32 Å². The van der Waals surface area contributed by atoms with E-state index < -0.39 is 33.7 Å². The maximum Gasteiger partial charge on any atom is 0.308 e. The van der Waals surface area contributed by atoms with Crippen LogP contribution < -0.4 is 15.1 Å². The maximum absolute atomic E-state index is 13.9. The summed E-state index contributed by atoms with van der Waals surface area (Å²) >= 11 is 2.06. The highest BCUT2D eigenvalue weighted by atomic mass is 32.2. The van der Waals surface area contributed by atoms with Gasteiger partial charge in [-0.2, -0.15) is 0 Å². The zero-order chi connectivity index (χ0) is 28.1. The maximum atomic E-state index is 13.9. The zero-order valence-corrected chi connectivity index (χ0v) is 22.7. The first-order chi connectivity index (χ1) is 19.2. The number of aromatic hydroxyl groups is 1. The first-order valence-electron chi connectivity index (χ1n) is 12.4. The highest BCUT2D eigenvalue weighted by Crippen LogP contribution is 2.54. The summed E-state index contributed by atoms with van der Waals surface area (Å²) in [5, 5.41) is 12.2. The molecule has 11 heteroatoms. The van der Waals surface area contributed by atoms with Crippen molar-refractivity contribution in [3.63, 3.8) is 0 Å². The smallest absolute Gasteiger partial charge is 0.308 e. The van der Waals surface area contributed by atoms with Gasteiger partial charge >= 0.3 is 4.87 Å². The lowest BCUT2D eigenvalue weighted by molar-refractivity contribution is -0.122. The number of phenols is 1. The van der Waals surface area contributed by atoms with Gasteiger partial charge in [0.2, 0.25) is 17.7 Å². The quantitative estimate of drug-likeness (QED) is 0.340. The molecule has 3 heterocycles. The lowest BCUT2D eigenvalue weighted by atomic mass is 9.83. The number of amides is 3. The van der Waals surface area contributed by atoms with Gasteiger partial charge in [0, 0.05) is 16.5 Å². The minimum atomic E-state index is -0.819. The van der Waals surface area contributed by atoms with Crippen molar-refractivity contribution in [1.29, 1.82) is 0 Å². The van der Waals surface area contributed by atoms with Gasteiger partial charge in [-0.3, -0.25) is 23.7 Å². The fraction of sp³-hybridized carbons (Fsp3) is 0.172. The number of phenolic OH excluding ortho intramolecular Hbond substituents is 1. The third-order valence-corrected chi connectivity index (χ3v) is 9.63. The number of carbonyl (C=O) groups excluding carboxylic acids is 3. The van der Waals surface area contributed by atoms with E-state index in [-0.39, 0.29) is 24.1 Å². The Kier molecular flexibility index (Phi) is 6.55. The number of rotatable bonds is 5. The number of halogens is 1. The number of imide groups is 1. The molecule has 8 nitrogen and oxygen atoms in total. The Morgan fingerprint density at radius 2 is 1.62 bits per heavy atom. The molecule has 2 N–H and O–H groups in total. The molecule has 3 unspecified atom stereocenters. The molecule has 1 fully saturated rings. The zero-order valence-electron chi connectivity index (χ0n) is 21.0. The van der Waals surface area contributed by atoms with Crippen molar-refractivity contribution in [2.24, 2.45) is 5.92 Å². The van der Waals surface area contributed by atoms with Crippen molar-refractivity contribution in [1.82, 2.24) is 4.57 Å². The van der Waals surface area contributed by atoms with Crippen molar-refractivity contribution in [2.75, 3.05) is 10.2 Å². The van der Waals surface area contributed by atoms with Crippen molar-refractivity contribution in [2.45, 2.75) is 29.7 Å². The molecule has 3 amide bonds. The van der Waals surface area contributed by atoms with Crippen LogP contribution in [0.4, 0.5) is 15.8 Å². The van der Waals surface area contributed by atoms with Crippen molar-refractivity contribution in [3.05, 3.63) is 104 Å². The second-order valence-electron chi connectivity index (χ2n) is 9.66. The highest BCUT2D eigenvalue weighted by molar-refractivity contribution is 8.00. The molecule has 2 aliphatic rings. The van der Waals surface area contributed by atoms with Crippen molar-refractivity contribution in [3.8, 4) is 5.75 Å². The number of thiazole rings is 1. The number of aryl methyl sites for hydroxylation is 1. The second kappa shape index (κ2) is 10.1. The normalized spacial score (nSPS) is 19.9. The third kappa shape index (κ3) is 4.50. The van der Waals surface area contributed by atoms with Gasteiger partial charge in [0.1, 0.15) is 23.4 Å². The van der Waals surface area contributed by atoms with Gasteiger partial charge in [-0.25, -0.2) is 9.29 Å². The number of hydrogen-bond donors (Lipinski definition) is 2. The summed E-state index contributed by atoms with van der Waals surface area (Å²) in [6.07, 6.45) is 0. The van der Waals surface area contributed by atoms with E-state index in [1.807, 2.05) is 19.1 Å². The Morgan fingerprint density at radius 3 is 2.30 bits per heavy atom. The van der Waals surface area contributed by atoms with Gasteiger partial charge in [-0.1, -0.05) is 52.9 Å². The minimum absolute atomic E-state index is 0.0454. The van der Waals surface area contributed by atoms with Crippen molar-refractivity contribution >= 4 is 52.2 Å². The molecule has 4 aromatic rings. The largest absolute Gasteiger partial charge is 0.508 e. The van der Waals surface area contributed by atoms with Crippen LogP contribution in [0.25, 0.3) is 0 Å². The van der Waals surface area contributed by atoms with Crippen LogP contribution in [0.2, 0.25) is 0 Å². The minimum Gasteiger partial charge on any atom is -0.508 e. The first kappa shape index (κ1) is 26.0. The molecule has 0 spiro atoms. The number of anilines is 2. The van der Waals surface area contributed by atoms with Crippen LogP contribution in [-0.4, -0.2) is 32.6 Å². The molecular weight excluding hydrogens is 553 g/mol. The molecule has 3 atom stereocenters. The highest BCUT2D eigenvalue weighted by Gasteiger charge is 2.56. The van der Waals surface area contributed by atoms with Crippen LogP contribution in [0.5, 0.6) is 5.75 Å². The molecule has 202 valence electrons. The van der Waals surface area contributed by atoms with E-state index in [9.17, 15) is 28.7 Å². The second-order valence-corrected chi connectivity index (χ2v) is 11.8. The Hall–Kier alpha value is -4.22. The standard InChI is InChI=1S/C29H22FN3O5S2/c1-15-2-10-19(11-3-15)33-26(36)23-22(16-4-12-20(34)13-5-16)25-28(39-24(23)27(33)37)32(29(38)40-25)14-21(35)31-18-8-6-17(30)7-9-18/h2-13,22-24,34H,14H2,1H3,(H,31,35). The average molecular weight is 576 g/mol. The first-order valence-corrected chi connectivity index (χ1v) is 14.1. The van der Waals surface area contributed by atoms with Gasteiger partial charge in [0.15, 0.2) is 0 Å². The van der Waals surface area contributed by atoms with Gasteiger partial charge in [-0.05, 0) is 61.0 Å². The average Bonchev–Trinajstić information content (AvgIpc) is 3.37. The van der Waals surface area contributed by atoms with Crippen LogP contribution in [0.3, 0.4) is 0 Å². The Bertz CT molecular complexity index is 1700. The lowest BCUT2D eigenvalue weighted by Gasteiger charge is -2.30. The predicted octanol–water partition coefficient (Wildman–Crippen LogP) is 4.50. The fourth-order valence-electron chi connectivity index (χ4n) is 5.12. The molecule has 1 aromatic heterocycles. The summed E-state index contributed by atoms with van der Waals surface area (Å²) in [5.74, 6) is -3.06. The van der Waals surface area contributed by atoms with E-state index in [0.717, 1.165) is 28.7 Å². The van der Waals surface area contributed by atoms with Gasteiger partial charge in [0.05, 0.1) is 16.6 Å². The van der Waals surface area contributed by atoms with E-state index in [4.69, 9.17) is 0 Å². The monoisotopic (exact) mass is 575 g/mol. The predicted molar refractivity (Wildman–Crippen MR) is 150 cm³/mol. The topological polar surface area (TPSA) is 109 Å². The van der Waals surface area contributed by atoms with Crippen LogP contribution in [-0.2, 0) is 20.9 Å². The Balaban J connectivity index is 1.40. The summed E-state index contributed by atoms with van der Waals surface area (Å²) in [7, 11) is 0. The number of fused-ring (bicyclic) bond motifs is 2. The number of nitrogens with one attached hydrogen (secondary N) is 1. The molecule has 2 aliphatic heterocycles. The number of thioether (sulfide) groups is 1. The van der Waals surface area contributed by atoms with Crippen LogP contribution in [0.15, 0.2) is 82.6 Å². The number of carbonyl (C=O) groups is 3. The van der Waals surface area contributed by atoms with Gasteiger partial charge < -0.3 is 10.4 Å². The number of aromatic nitrogens is 1. The van der Waals surface area contributed by atoms with E-state index >= 15 is 0 Å². The van der Waals surface area contributed by atoms with Crippen LogP contribution in [0, 0.1) is 18.7 Å². The van der Waals surface area contributed by atoms with E-state index in [1.165, 1.54) is 45.9 Å². The number of benzene rings is 3. The SMILES string of the molecule is Cc1ccc(N2C(=O)C3Sc4c(sc(=O)n4CC(=O)Nc4ccc(F)cc4)C(c4ccc(O)cc4)C3C2=O)cc1. The van der Waals surface area contributed by atoms with Crippen LogP contribution in [0.1, 0.15) is 21.9 Å². The molecule has 6 rings (SSSR count). The van der Waals surface area contributed by atoms with Crippen LogP contribution >= 0.6 is 23.1 Å². The molecule has 3 aromatic carbocycles. The molecule has 0 radical (unpaired) electrons. The number of hydrogen-bond acceptors (Lipinski definition) is 7. The van der Waals surface area contributed by atoms with E-state index in [0.29, 0.717) is 26.8 Å². The van der Waals surface area contributed by atoms with Gasteiger partial charge in [-0.15, -0.1) is 0 Å². The molecule has 1 saturated heterocycles. The molecular formula is C29H22FN3O5S2. The Labute approximate surface area is 236 Å². The van der Waals surface area contributed by atoms with Crippen molar-refractivity contribution < 1.29 is 23.9 Å². The summed E-state index contributed by atoms with van der Waals surface area (Å²) in [6, 6.07) is 18.8. The summed E-state index contributed by atoms with van der Waals surface area (Å²) < 4.78 is 14.6.